The third-order valence-electron chi connectivity index (χ3n) is 3.18. The van der Waals surface area contributed by atoms with E-state index in [1.54, 1.807) is 0 Å². The third kappa shape index (κ3) is 3.35. The van der Waals surface area contributed by atoms with Crippen molar-refractivity contribution in [3.05, 3.63) is 35.4 Å². The summed E-state index contributed by atoms with van der Waals surface area (Å²) in [6, 6.07) is 7.70. The summed E-state index contributed by atoms with van der Waals surface area (Å²) in [4.78, 5) is 11.7. The van der Waals surface area contributed by atoms with Crippen LogP contribution in [0.5, 0.6) is 0 Å². The molecule has 0 aliphatic heterocycles. The van der Waals surface area contributed by atoms with Crippen LogP contribution in [0.4, 0.5) is 0 Å². The van der Waals surface area contributed by atoms with Gasteiger partial charge in [0, 0.05) is 18.0 Å². The normalized spacial score (nSPS) is 14.3. The van der Waals surface area contributed by atoms with E-state index in [9.17, 15) is 4.79 Å². The largest absolute Gasteiger partial charge is 0.384 e. The molecule has 1 aliphatic rings. The molecule has 3 heteroatoms. The van der Waals surface area contributed by atoms with Crippen LogP contribution in [0, 0.1) is 17.8 Å². The van der Waals surface area contributed by atoms with Gasteiger partial charge in [-0.3, -0.25) is 4.79 Å². The molecule has 1 amide bonds. The van der Waals surface area contributed by atoms with Gasteiger partial charge >= 0.3 is 0 Å². The molecular formula is C15H17NO2. The number of carbonyl (C=O) groups excluding carboxylic acids is 1. The van der Waals surface area contributed by atoms with Crippen LogP contribution in [0.15, 0.2) is 24.3 Å². The minimum absolute atomic E-state index is 0.136. The molecule has 0 spiro atoms. The van der Waals surface area contributed by atoms with Crippen molar-refractivity contribution >= 4 is 5.91 Å². The van der Waals surface area contributed by atoms with Crippen molar-refractivity contribution in [2.45, 2.75) is 25.8 Å². The Hall–Kier alpha value is -1.79. The van der Waals surface area contributed by atoms with Crippen molar-refractivity contribution in [2.75, 3.05) is 6.61 Å². The molecule has 0 heterocycles. The van der Waals surface area contributed by atoms with Crippen LogP contribution in [-0.4, -0.2) is 17.6 Å². The second-order valence-corrected chi connectivity index (χ2v) is 4.51. The van der Waals surface area contributed by atoms with E-state index in [1.165, 1.54) is 6.42 Å². The maximum atomic E-state index is 11.7. The van der Waals surface area contributed by atoms with E-state index in [4.69, 9.17) is 5.11 Å². The topological polar surface area (TPSA) is 49.3 Å². The van der Waals surface area contributed by atoms with Crippen molar-refractivity contribution in [1.29, 1.82) is 0 Å². The molecule has 18 heavy (non-hydrogen) atoms. The van der Waals surface area contributed by atoms with Crippen molar-refractivity contribution < 1.29 is 9.90 Å². The molecule has 3 nitrogen and oxygen atoms in total. The summed E-state index contributed by atoms with van der Waals surface area (Å²) in [5, 5.41) is 11.6. The number of rotatable bonds is 3. The summed E-state index contributed by atoms with van der Waals surface area (Å²) in [5.41, 5.74) is 1.90. The van der Waals surface area contributed by atoms with Gasteiger partial charge in [0.1, 0.15) is 6.61 Å². The Bertz CT molecular complexity index is 481. The first-order valence-corrected chi connectivity index (χ1v) is 6.26. The molecule has 0 bridgehead atoms. The zero-order valence-electron chi connectivity index (χ0n) is 10.3. The van der Waals surface area contributed by atoms with Crippen LogP contribution >= 0.6 is 0 Å². The molecule has 0 aromatic heterocycles. The summed E-state index contributed by atoms with van der Waals surface area (Å²) >= 11 is 0. The van der Waals surface area contributed by atoms with E-state index in [-0.39, 0.29) is 18.4 Å². The highest BCUT2D eigenvalue weighted by molar-refractivity contribution is 5.79. The molecule has 1 aliphatic carbocycles. The Morgan fingerprint density at radius 2 is 2.28 bits per heavy atom. The van der Waals surface area contributed by atoms with Crippen LogP contribution < -0.4 is 5.32 Å². The second-order valence-electron chi connectivity index (χ2n) is 4.51. The molecule has 2 rings (SSSR count). The minimum Gasteiger partial charge on any atom is -0.384 e. The number of amides is 1. The molecular weight excluding hydrogens is 226 g/mol. The highest BCUT2D eigenvalue weighted by Crippen LogP contribution is 2.26. The molecule has 1 aromatic rings. The van der Waals surface area contributed by atoms with Crippen LogP contribution in [-0.2, 0) is 11.3 Å². The lowest BCUT2D eigenvalue weighted by molar-refractivity contribution is -0.127. The fourth-order valence-electron chi connectivity index (χ4n) is 1.90. The quantitative estimate of drug-likeness (QED) is 0.789. The zero-order valence-corrected chi connectivity index (χ0v) is 10.3. The third-order valence-corrected chi connectivity index (χ3v) is 3.18. The van der Waals surface area contributed by atoms with E-state index in [1.807, 2.05) is 24.3 Å². The molecule has 2 N–H and O–H groups in total. The molecule has 0 unspecified atom stereocenters. The van der Waals surface area contributed by atoms with Gasteiger partial charge in [0.15, 0.2) is 0 Å². The fraction of sp³-hybridized carbons (Fsp3) is 0.400. The summed E-state index contributed by atoms with van der Waals surface area (Å²) in [6.07, 6.45) is 3.21. The number of carbonyl (C=O) groups is 1. The summed E-state index contributed by atoms with van der Waals surface area (Å²) in [5.74, 6) is 5.85. The number of hydrogen-bond acceptors (Lipinski definition) is 2. The predicted octanol–water partition coefficient (Wildman–Crippen LogP) is 1.45. The number of aliphatic hydroxyl groups is 1. The lowest BCUT2D eigenvalue weighted by Gasteiger charge is -2.24. The predicted molar refractivity (Wildman–Crippen MR) is 69.6 cm³/mol. The van der Waals surface area contributed by atoms with Crippen molar-refractivity contribution in [2.24, 2.45) is 5.92 Å². The number of nitrogens with one attached hydrogen (secondary N) is 1. The van der Waals surface area contributed by atoms with Gasteiger partial charge in [-0.05, 0) is 30.5 Å². The number of hydrogen-bond donors (Lipinski definition) is 2. The van der Waals surface area contributed by atoms with Crippen LogP contribution in [0.1, 0.15) is 30.4 Å². The lowest BCUT2D eigenvalue weighted by Crippen LogP contribution is -2.33. The minimum atomic E-state index is -0.136. The fourth-order valence-corrected chi connectivity index (χ4v) is 1.90. The molecule has 1 saturated carbocycles. The van der Waals surface area contributed by atoms with Crippen LogP contribution in [0.3, 0.4) is 0 Å². The highest BCUT2D eigenvalue weighted by atomic mass is 16.2. The molecule has 0 radical (unpaired) electrons. The molecule has 1 fully saturated rings. The summed E-state index contributed by atoms with van der Waals surface area (Å²) in [7, 11) is 0. The molecule has 0 atom stereocenters. The first-order chi connectivity index (χ1) is 8.79. The molecule has 0 saturated heterocycles. The molecule has 94 valence electrons. The van der Waals surface area contributed by atoms with E-state index in [0.717, 1.165) is 24.0 Å². The van der Waals surface area contributed by atoms with Crippen molar-refractivity contribution in [3.8, 4) is 11.8 Å². The Kier molecular flexibility index (Phi) is 4.38. The monoisotopic (exact) mass is 243 g/mol. The van der Waals surface area contributed by atoms with Crippen LogP contribution in [0.25, 0.3) is 0 Å². The van der Waals surface area contributed by atoms with E-state index in [0.29, 0.717) is 6.54 Å². The smallest absolute Gasteiger partial charge is 0.223 e. The maximum Gasteiger partial charge on any atom is 0.223 e. The van der Waals surface area contributed by atoms with E-state index in [2.05, 4.69) is 17.2 Å². The summed E-state index contributed by atoms with van der Waals surface area (Å²) in [6.45, 7) is 0.409. The Morgan fingerprint density at radius 1 is 1.44 bits per heavy atom. The van der Waals surface area contributed by atoms with Crippen LogP contribution in [0.2, 0.25) is 0 Å². The maximum absolute atomic E-state index is 11.7. The van der Waals surface area contributed by atoms with Gasteiger partial charge in [0.25, 0.3) is 0 Å². The first kappa shape index (κ1) is 12.7. The SMILES string of the molecule is O=C(NCc1cccc(C#CCO)c1)C1CCC1. The van der Waals surface area contributed by atoms with Gasteiger partial charge in [-0.1, -0.05) is 30.4 Å². The number of benzene rings is 1. The van der Waals surface area contributed by atoms with E-state index < -0.39 is 0 Å². The first-order valence-electron chi connectivity index (χ1n) is 6.26. The number of aliphatic hydroxyl groups excluding tert-OH is 1. The van der Waals surface area contributed by atoms with Gasteiger partial charge in [0.2, 0.25) is 5.91 Å². The van der Waals surface area contributed by atoms with E-state index >= 15 is 0 Å². The van der Waals surface area contributed by atoms with Crippen molar-refractivity contribution in [3.63, 3.8) is 0 Å². The van der Waals surface area contributed by atoms with Crippen molar-refractivity contribution in [1.82, 2.24) is 5.32 Å². The Morgan fingerprint density at radius 3 is 2.94 bits per heavy atom. The Balaban J connectivity index is 1.90. The Labute approximate surface area is 107 Å². The standard InChI is InChI=1S/C15H17NO2/c17-9-3-6-12-4-1-5-13(10-12)11-16-15(18)14-7-2-8-14/h1,4-5,10,14,17H,2,7-9,11H2,(H,16,18). The summed E-state index contributed by atoms with van der Waals surface area (Å²) < 4.78 is 0. The van der Waals surface area contributed by atoms with Gasteiger partial charge in [-0.2, -0.15) is 0 Å². The van der Waals surface area contributed by atoms with Gasteiger partial charge < -0.3 is 10.4 Å². The molecule has 1 aromatic carbocycles. The average Bonchev–Trinajstić information content (AvgIpc) is 2.32. The zero-order chi connectivity index (χ0) is 12.8. The average molecular weight is 243 g/mol. The van der Waals surface area contributed by atoms with Gasteiger partial charge in [-0.25, -0.2) is 0 Å². The lowest BCUT2D eigenvalue weighted by atomic mass is 9.85. The highest BCUT2D eigenvalue weighted by Gasteiger charge is 2.24. The second kappa shape index (κ2) is 6.23. The van der Waals surface area contributed by atoms with Gasteiger partial charge in [-0.15, -0.1) is 0 Å². The van der Waals surface area contributed by atoms with Gasteiger partial charge in [0.05, 0.1) is 0 Å².